The second kappa shape index (κ2) is 6.60. The Labute approximate surface area is 130 Å². The number of ether oxygens (including phenoxy) is 1. The summed E-state index contributed by atoms with van der Waals surface area (Å²) in [4.78, 5) is 17.4. The van der Waals surface area contributed by atoms with Crippen molar-refractivity contribution in [2.24, 2.45) is 5.92 Å². The number of nitro groups is 1. The zero-order chi connectivity index (χ0) is 15.5. The molecule has 1 saturated heterocycles. The molecular weight excluding hydrogens is 282 g/mol. The van der Waals surface area contributed by atoms with Gasteiger partial charge in [-0.25, -0.2) is 4.98 Å². The number of aromatic nitrogens is 1. The van der Waals surface area contributed by atoms with Crippen LogP contribution in [0.25, 0.3) is 0 Å². The largest absolute Gasteiger partial charge is 0.374 e. The molecule has 6 nitrogen and oxygen atoms in total. The molecule has 1 aromatic rings. The number of morpholine rings is 1. The van der Waals surface area contributed by atoms with Crippen molar-refractivity contribution in [2.75, 3.05) is 24.6 Å². The van der Waals surface area contributed by atoms with Gasteiger partial charge < -0.3 is 9.64 Å². The van der Waals surface area contributed by atoms with Gasteiger partial charge >= 0.3 is 5.69 Å². The van der Waals surface area contributed by atoms with Gasteiger partial charge in [-0.3, -0.25) is 10.1 Å². The predicted octanol–water partition coefficient (Wildman–Crippen LogP) is 3.08. The van der Waals surface area contributed by atoms with Crippen LogP contribution in [0.2, 0.25) is 0 Å². The zero-order valence-corrected chi connectivity index (χ0v) is 13.0. The van der Waals surface area contributed by atoms with Gasteiger partial charge in [0.05, 0.1) is 17.6 Å². The van der Waals surface area contributed by atoms with E-state index in [-0.39, 0.29) is 16.7 Å². The van der Waals surface area contributed by atoms with Gasteiger partial charge in [-0.05, 0) is 31.7 Å². The lowest BCUT2D eigenvalue weighted by molar-refractivity contribution is -0.384. The quantitative estimate of drug-likeness (QED) is 0.634. The van der Waals surface area contributed by atoms with Crippen LogP contribution in [0, 0.1) is 23.0 Å². The van der Waals surface area contributed by atoms with E-state index in [4.69, 9.17) is 4.74 Å². The first-order chi connectivity index (χ1) is 10.7. The summed E-state index contributed by atoms with van der Waals surface area (Å²) in [5.41, 5.74) is 0.794. The lowest BCUT2D eigenvalue weighted by Gasteiger charge is -2.38. The third kappa shape index (κ3) is 3.06. The first kappa shape index (κ1) is 15.2. The van der Waals surface area contributed by atoms with E-state index in [1.807, 2.05) is 4.90 Å². The van der Waals surface area contributed by atoms with Gasteiger partial charge in [-0.15, -0.1) is 0 Å². The minimum absolute atomic E-state index is 0.131. The highest BCUT2D eigenvalue weighted by atomic mass is 16.6. The maximum Gasteiger partial charge on any atom is 0.314 e. The number of rotatable bonds is 3. The standard InChI is InChI=1S/C16H23N3O3/c1-12-7-8-17-16(15(12)19(20)21)18-9-10-22-14(11-18)13-5-3-2-4-6-13/h7-8,13-14H,2-6,9-11H2,1H3. The Kier molecular flexibility index (Phi) is 4.57. The molecule has 0 N–H and O–H groups in total. The molecule has 2 aliphatic rings. The third-order valence-electron chi connectivity index (χ3n) is 4.86. The van der Waals surface area contributed by atoms with Crippen molar-refractivity contribution in [1.29, 1.82) is 0 Å². The first-order valence-electron chi connectivity index (χ1n) is 8.13. The summed E-state index contributed by atoms with van der Waals surface area (Å²) in [7, 11) is 0. The average Bonchev–Trinajstić information content (AvgIpc) is 2.55. The molecule has 0 aromatic carbocycles. The van der Waals surface area contributed by atoms with Crippen LogP contribution < -0.4 is 4.90 Å². The number of aryl methyl sites for hydroxylation is 1. The monoisotopic (exact) mass is 305 g/mol. The molecule has 1 unspecified atom stereocenters. The van der Waals surface area contributed by atoms with Gasteiger partial charge in [-0.1, -0.05) is 19.3 Å². The first-order valence-corrected chi connectivity index (χ1v) is 8.13. The molecule has 1 atom stereocenters. The second-order valence-electron chi connectivity index (χ2n) is 6.31. The fourth-order valence-corrected chi connectivity index (χ4v) is 3.65. The number of anilines is 1. The van der Waals surface area contributed by atoms with E-state index in [0.717, 1.165) is 0 Å². The molecule has 1 aliphatic heterocycles. The normalized spacial score (nSPS) is 23.5. The highest BCUT2D eigenvalue weighted by molar-refractivity contribution is 5.61. The zero-order valence-electron chi connectivity index (χ0n) is 13.0. The Balaban J connectivity index is 1.80. The maximum atomic E-state index is 11.4. The number of nitrogens with zero attached hydrogens (tertiary/aromatic N) is 3. The minimum Gasteiger partial charge on any atom is -0.374 e. The van der Waals surface area contributed by atoms with Crippen molar-refractivity contribution in [3.63, 3.8) is 0 Å². The molecule has 22 heavy (non-hydrogen) atoms. The Hall–Kier alpha value is -1.69. The topological polar surface area (TPSA) is 68.5 Å². The number of hydrogen-bond acceptors (Lipinski definition) is 5. The lowest BCUT2D eigenvalue weighted by Crippen LogP contribution is -2.46. The Bertz CT molecular complexity index is 543. The Morgan fingerprint density at radius 1 is 1.36 bits per heavy atom. The van der Waals surface area contributed by atoms with Crippen molar-refractivity contribution >= 4 is 11.5 Å². The summed E-state index contributed by atoms with van der Waals surface area (Å²) < 4.78 is 5.96. The summed E-state index contributed by atoms with van der Waals surface area (Å²) in [5, 5.41) is 11.4. The van der Waals surface area contributed by atoms with Crippen molar-refractivity contribution in [3.8, 4) is 0 Å². The van der Waals surface area contributed by atoms with E-state index in [9.17, 15) is 10.1 Å². The van der Waals surface area contributed by atoms with Gasteiger partial charge in [0.2, 0.25) is 5.82 Å². The lowest BCUT2D eigenvalue weighted by atomic mass is 9.84. The van der Waals surface area contributed by atoms with Crippen LogP contribution in [0.15, 0.2) is 12.3 Å². The molecule has 3 rings (SSSR count). The van der Waals surface area contributed by atoms with Crippen LogP contribution in [0.5, 0.6) is 0 Å². The van der Waals surface area contributed by atoms with Crippen LogP contribution in [-0.2, 0) is 4.74 Å². The molecule has 0 radical (unpaired) electrons. The van der Waals surface area contributed by atoms with Crippen molar-refractivity contribution < 1.29 is 9.66 Å². The highest BCUT2D eigenvalue weighted by Gasteiger charge is 2.32. The Morgan fingerprint density at radius 3 is 2.86 bits per heavy atom. The van der Waals surface area contributed by atoms with Gasteiger partial charge in [-0.2, -0.15) is 0 Å². The molecule has 2 heterocycles. The van der Waals surface area contributed by atoms with Gasteiger partial charge in [0, 0.05) is 24.8 Å². The second-order valence-corrected chi connectivity index (χ2v) is 6.31. The number of hydrogen-bond donors (Lipinski definition) is 0. The van der Waals surface area contributed by atoms with Gasteiger partial charge in [0.15, 0.2) is 0 Å². The molecule has 0 bridgehead atoms. The van der Waals surface area contributed by atoms with Gasteiger partial charge in [0.25, 0.3) is 0 Å². The summed E-state index contributed by atoms with van der Waals surface area (Å²) in [5.74, 6) is 1.08. The fraction of sp³-hybridized carbons (Fsp3) is 0.688. The molecule has 2 fully saturated rings. The molecule has 1 aromatic heterocycles. The summed E-state index contributed by atoms with van der Waals surface area (Å²) in [6, 6.07) is 1.70. The molecule has 0 spiro atoms. The predicted molar refractivity (Wildman–Crippen MR) is 84.2 cm³/mol. The van der Waals surface area contributed by atoms with Crippen LogP contribution in [-0.4, -0.2) is 35.7 Å². The van der Waals surface area contributed by atoms with E-state index < -0.39 is 0 Å². The van der Waals surface area contributed by atoms with E-state index in [0.29, 0.717) is 37.0 Å². The van der Waals surface area contributed by atoms with Crippen molar-refractivity contribution in [3.05, 3.63) is 27.9 Å². The third-order valence-corrected chi connectivity index (χ3v) is 4.86. The fourth-order valence-electron chi connectivity index (χ4n) is 3.65. The average molecular weight is 305 g/mol. The van der Waals surface area contributed by atoms with Crippen LogP contribution >= 0.6 is 0 Å². The highest BCUT2D eigenvalue weighted by Crippen LogP contribution is 2.33. The molecule has 1 saturated carbocycles. The summed E-state index contributed by atoms with van der Waals surface area (Å²) in [6.07, 6.45) is 8.11. The minimum atomic E-state index is -0.317. The van der Waals surface area contributed by atoms with Gasteiger partial charge in [0.1, 0.15) is 0 Å². The number of pyridine rings is 1. The van der Waals surface area contributed by atoms with Crippen molar-refractivity contribution in [1.82, 2.24) is 4.98 Å². The molecule has 0 amide bonds. The smallest absolute Gasteiger partial charge is 0.314 e. The van der Waals surface area contributed by atoms with Crippen LogP contribution in [0.3, 0.4) is 0 Å². The molecule has 1 aliphatic carbocycles. The van der Waals surface area contributed by atoms with E-state index >= 15 is 0 Å². The SMILES string of the molecule is Cc1ccnc(N2CCOC(C3CCCCC3)C2)c1[N+](=O)[O-]. The maximum absolute atomic E-state index is 11.4. The summed E-state index contributed by atoms with van der Waals surface area (Å²) in [6.45, 7) is 3.76. The van der Waals surface area contributed by atoms with Crippen molar-refractivity contribution in [2.45, 2.75) is 45.1 Å². The molecular formula is C16H23N3O3. The molecule has 120 valence electrons. The molecule has 6 heteroatoms. The van der Waals surface area contributed by atoms with E-state index in [2.05, 4.69) is 4.98 Å². The summed E-state index contributed by atoms with van der Waals surface area (Å²) >= 11 is 0. The Morgan fingerprint density at radius 2 is 2.14 bits per heavy atom. The van der Waals surface area contributed by atoms with Crippen LogP contribution in [0.4, 0.5) is 11.5 Å². The van der Waals surface area contributed by atoms with E-state index in [1.54, 1.807) is 19.2 Å². The van der Waals surface area contributed by atoms with E-state index in [1.165, 1.54) is 32.1 Å². The van der Waals surface area contributed by atoms with Crippen LogP contribution in [0.1, 0.15) is 37.7 Å².